The van der Waals surface area contributed by atoms with Gasteiger partial charge < -0.3 is 10.2 Å². The van der Waals surface area contributed by atoms with Crippen LogP contribution in [0.25, 0.3) is 0 Å². The zero-order valence-electron chi connectivity index (χ0n) is 12.0. The van der Waals surface area contributed by atoms with Gasteiger partial charge in [0.15, 0.2) is 0 Å². The summed E-state index contributed by atoms with van der Waals surface area (Å²) in [5.74, 6) is 0. The van der Waals surface area contributed by atoms with E-state index in [-0.39, 0.29) is 0 Å². The Labute approximate surface area is 125 Å². The molecule has 0 aliphatic carbocycles. The Kier molecular flexibility index (Phi) is 4.34. The molecule has 2 N–H and O–H groups in total. The maximum absolute atomic E-state index is 10.3. The summed E-state index contributed by atoms with van der Waals surface area (Å²) < 4.78 is 0. The molecule has 3 rings (SSSR count). The molecule has 0 radical (unpaired) electrons. The molecule has 0 aromatic heterocycles. The first-order valence-corrected chi connectivity index (χ1v) is 7.44. The topological polar surface area (TPSA) is 43.7 Å². The summed E-state index contributed by atoms with van der Waals surface area (Å²) >= 11 is 0. The number of nitrogens with zero attached hydrogens (tertiary/aromatic N) is 1. The van der Waals surface area contributed by atoms with E-state index in [9.17, 15) is 10.2 Å². The average molecular weight is 283 g/mol. The van der Waals surface area contributed by atoms with Crippen molar-refractivity contribution < 1.29 is 10.2 Å². The molecule has 3 nitrogen and oxygen atoms in total. The molecule has 0 spiro atoms. The Hall–Kier alpha value is -1.68. The summed E-state index contributed by atoms with van der Waals surface area (Å²) in [5.41, 5.74) is 3.49. The molecular weight excluding hydrogens is 262 g/mol. The third-order valence-corrected chi connectivity index (χ3v) is 4.16. The van der Waals surface area contributed by atoms with Crippen molar-refractivity contribution in [1.29, 1.82) is 0 Å². The first-order chi connectivity index (χ1) is 10.2. The van der Waals surface area contributed by atoms with Gasteiger partial charge in [-0.05, 0) is 23.1 Å². The van der Waals surface area contributed by atoms with E-state index in [1.807, 2.05) is 30.3 Å². The largest absolute Gasteiger partial charge is 0.389 e. The minimum Gasteiger partial charge on any atom is -0.389 e. The second-order valence-corrected chi connectivity index (χ2v) is 5.68. The molecule has 3 heteroatoms. The van der Waals surface area contributed by atoms with Gasteiger partial charge in [-0.3, -0.25) is 4.90 Å². The highest BCUT2D eigenvalue weighted by molar-refractivity contribution is 5.29. The van der Waals surface area contributed by atoms with Crippen molar-refractivity contribution in [2.24, 2.45) is 0 Å². The second kappa shape index (κ2) is 6.39. The van der Waals surface area contributed by atoms with Crippen LogP contribution in [0, 0.1) is 0 Å². The van der Waals surface area contributed by atoms with Gasteiger partial charge in [-0.2, -0.15) is 0 Å². The average Bonchev–Trinajstić information content (AvgIpc) is 2.55. The van der Waals surface area contributed by atoms with Crippen molar-refractivity contribution in [3.05, 3.63) is 71.3 Å². The standard InChI is InChI=1S/C18H21NO2/c20-17(18(21)15-7-2-1-3-8-15)13-19-11-10-14-6-4-5-9-16(14)12-19/h1-9,17-18,20-21H,10-13H2/t17-,18+/m0/s1. The molecule has 0 saturated carbocycles. The normalized spacial score (nSPS) is 18.0. The lowest BCUT2D eigenvalue weighted by Crippen LogP contribution is -2.38. The maximum Gasteiger partial charge on any atom is 0.106 e. The van der Waals surface area contributed by atoms with Crippen molar-refractivity contribution in [2.75, 3.05) is 13.1 Å². The molecule has 1 heterocycles. The zero-order valence-corrected chi connectivity index (χ0v) is 12.0. The van der Waals surface area contributed by atoms with Crippen molar-refractivity contribution in [2.45, 2.75) is 25.2 Å². The first-order valence-electron chi connectivity index (χ1n) is 7.44. The molecule has 2 aromatic rings. The number of hydrogen-bond acceptors (Lipinski definition) is 3. The van der Waals surface area contributed by atoms with Crippen LogP contribution in [-0.4, -0.2) is 34.3 Å². The number of rotatable bonds is 4. The van der Waals surface area contributed by atoms with Gasteiger partial charge in [0.1, 0.15) is 6.10 Å². The quantitative estimate of drug-likeness (QED) is 0.903. The van der Waals surface area contributed by atoms with Crippen molar-refractivity contribution in [3.8, 4) is 0 Å². The second-order valence-electron chi connectivity index (χ2n) is 5.68. The molecule has 110 valence electrons. The molecule has 1 aliphatic rings. The van der Waals surface area contributed by atoms with Crippen LogP contribution >= 0.6 is 0 Å². The summed E-state index contributed by atoms with van der Waals surface area (Å²) in [6, 6.07) is 17.8. The van der Waals surface area contributed by atoms with Crippen LogP contribution in [0.1, 0.15) is 22.8 Å². The Morgan fingerprint density at radius 3 is 2.33 bits per heavy atom. The summed E-state index contributed by atoms with van der Waals surface area (Å²) in [6.45, 7) is 2.26. The Morgan fingerprint density at radius 1 is 0.905 bits per heavy atom. The predicted octanol–water partition coefficient (Wildman–Crippen LogP) is 2.14. The Balaban J connectivity index is 1.62. The lowest BCUT2D eigenvalue weighted by atomic mass is 9.98. The molecule has 1 aliphatic heterocycles. The highest BCUT2D eigenvalue weighted by Crippen LogP contribution is 2.21. The van der Waals surface area contributed by atoms with Crippen LogP contribution in [0.4, 0.5) is 0 Å². The van der Waals surface area contributed by atoms with Crippen molar-refractivity contribution in [1.82, 2.24) is 4.90 Å². The van der Waals surface area contributed by atoms with Crippen LogP contribution in [0.2, 0.25) is 0 Å². The van der Waals surface area contributed by atoms with E-state index in [1.54, 1.807) is 0 Å². The summed E-state index contributed by atoms with van der Waals surface area (Å²) in [5, 5.41) is 20.5. The smallest absolute Gasteiger partial charge is 0.106 e. The van der Waals surface area contributed by atoms with E-state index in [0.717, 1.165) is 25.1 Å². The highest BCUT2D eigenvalue weighted by atomic mass is 16.3. The fourth-order valence-electron chi connectivity index (χ4n) is 2.95. The van der Waals surface area contributed by atoms with E-state index < -0.39 is 12.2 Å². The number of hydrogen-bond donors (Lipinski definition) is 2. The molecule has 0 amide bonds. The van der Waals surface area contributed by atoms with Crippen LogP contribution in [0.5, 0.6) is 0 Å². The lowest BCUT2D eigenvalue weighted by Gasteiger charge is -2.31. The van der Waals surface area contributed by atoms with Gasteiger partial charge >= 0.3 is 0 Å². The number of fused-ring (bicyclic) bond motifs is 1. The minimum absolute atomic E-state index is 0.490. The lowest BCUT2D eigenvalue weighted by molar-refractivity contribution is -0.00606. The van der Waals surface area contributed by atoms with Crippen LogP contribution in [-0.2, 0) is 13.0 Å². The SMILES string of the molecule is O[C@H](c1ccccc1)[C@@H](O)CN1CCc2ccccc2C1. The van der Waals surface area contributed by atoms with E-state index in [2.05, 4.69) is 29.2 Å². The third-order valence-electron chi connectivity index (χ3n) is 4.16. The summed E-state index contributed by atoms with van der Waals surface area (Å²) in [7, 11) is 0. The van der Waals surface area contributed by atoms with Gasteiger partial charge in [0.2, 0.25) is 0 Å². The van der Waals surface area contributed by atoms with Crippen LogP contribution in [0.15, 0.2) is 54.6 Å². The molecule has 0 bridgehead atoms. The predicted molar refractivity (Wildman–Crippen MR) is 82.8 cm³/mol. The fraction of sp³-hybridized carbons (Fsp3) is 0.333. The minimum atomic E-state index is -0.830. The molecule has 0 fully saturated rings. The number of benzene rings is 2. The van der Waals surface area contributed by atoms with Gasteiger partial charge in [-0.25, -0.2) is 0 Å². The third kappa shape index (κ3) is 3.32. The van der Waals surface area contributed by atoms with Crippen molar-refractivity contribution in [3.63, 3.8) is 0 Å². The Bertz CT molecular complexity index is 585. The fourth-order valence-corrected chi connectivity index (χ4v) is 2.95. The van der Waals surface area contributed by atoms with Gasteiger partial charge in [0, 0.05) is 19.6 Å². The first kappa shape index (κ1) is 14.3. The Morgan fingerprint density at radius 2 is 1.57 bits per heavy atom. The number of aliphatic hydroxyl groups is 2. The van der Waals surface area contributed by atoms with Gasteiger partial charge in [0.05, 0.1) is 6.10 Å². The van der Waals surface area contributed by atoms with E-state index >= 15 is 0 Å². The molecular formula is C18H21NO2. The number of β-amino-alcohol motifs (C(OH)–C–C–N with tert-alkyl or cyclic N) is 1. The molecule has 2 atom stereocenters. The maximum atomic E-state index is 10.3. The van der Waals surface area contributed by atoms with E-state index in [4.69, 9.17) is 0 Å². The monoisotopic (exact) mass is 283 g/mol. The molecule has 0 saturated heterocycles. The summed E-state index contributed by atoms with van der Waals surface area (Å²) in [6.07, 6.45) is -0.592. The number of aliphatic hydroxyl groups excluding tert-OH is 2. The highest BCUT2D eigenvalue weighted by Gasteiger charge is 2.23. The summed E-state index contributed by atoms with van der Waals surface area (Å²) in [4.78, 5) is 2.21. The van der Waals surface area contributed by atoms with Gasteiger partial charge in [-0.15, -0.1) is 0 Å². The van der Waals surface area contributed by atoms with Crippen molar-refractivity contribution >= 4 is 0 Å². The zero-order chi connectivity index (χ0) is 14.7. The van der Waals surface area contributed by atoms with Gasteiger partial charge in [-0.1, -0.05) is 54.6 Å². The molecule has 2 aromatic carbocycles. The van der Waals surface area contributed by atoms with Gasteiger partial charge in [0.25, 0.3) is 0 Å². The molecule has 21 heavy (non-hydrogen) atoms. The van der Waals surface area contributed by atoms with Crippen LogP contribution < -0.4 is 0 Å². The van der Waals surface area contributed by atoms with E-state index in [1.165, 1.54) is 11.1 Å². The molecule has 0 unspecified atom stereocenters. The van der Waals surface area contributed by atoms with E-state index in [0.29, 0.717) is 6.54 Å². The van der Waals surface area contributed by atoms with Crippen LogP contribution in [0.3, 0.4) is 0 Å².